The number of fused-ring (bicyclic) bond motifs is 1. The predicted molar refractivity (Wildman–Crippen MR) is 94.9 cm³/mol. The van der Waals surface area contributed by atoms with Gasteiger partial charge in [-0.25, -0.2) is 18.7 Å². The van der Waals surface area contributed by atoms with Crippen LogP contribution in [0.3, 0.4) is 0 Å². The second-order valence-corrected chi connectivity index (χ2v) is 6.94. The van der Waals surface area contributed by atoms with E-state index < -0.39 is 17.5 Å². The molecule has 1 aliphatic carbocycles. The Kier molecular flexibility index (Phi) is 4.51. The third kappa shape index (κ3) is 3.36. The van der Waals surface area contributed by atoms with Gasteiger partial charge in [-0.3, -0.25) is 9.69 Å². The van der Waals surface area contributed by atoms with Crippen molar-refractivity contribution in [3.63, 3.8) is 0 Å². The molecule has 0 atom stereocenters. The summed E-state index contributed by atoms with van der Waals surface area (Å²) < 4.78 is 15.0. The van der Waals surface area contributed by atoms with Crippen molar-refractivity contribution in [1.29, 1.82) is 0 Å². The standard InChI is InChI=1S/C18H20FN5O3/c19-12-6-8-14(9-7-12)22-10-15-21-23(18(27)24(15)17(22)26)11-16(25)20-13-4-2-1-3-5-13/h6-9,13H,1-5,10-11H2,(H,20,25). The maximum Gasteiger partial charge on any atom is 0.354 e. The lowest BCUT2D eigenvalue weighted by Gasteiger charge is -2.22. The molecule has 8 nitrogen and oxygen atoms in total. The number of anilines is 1. The number of halogens is 1. The van der Waals surface area contributed by atoms with Crippen LogP contribution in [0.25, 0.3) is 0 Å². The van der Waals surface area contributed by atoms with Crippen LogP contribution < -0.4 is 15.9 Å². The van der Waals surface area contributed by atoms with E-state index in [1.54, 1.807) is 0 Å². The molecule has 0 saturated heterocycles. The minimum Gasteiger partial charge on any atom is -0.352 e. The van der Waals surface area contributed by atoms with E-state index in [1.807, 2.05) is 0 Å². The zero-order chi connectivity index (χ0) is 19.0. The van der Waals surface area contributed by atoms with E-state index in [1.165, 1.54) is 35.6 Å². The molecule has 0 bridgehead atoms. The highest BCUT2D eigenvalue weighted by Crippen LogP contribution is 2.22. The molecule has 2 aromatic rings. The summed E-state index contributed by atoms with van der Waals surface area (Å²) >= 11 is 0. The van der Waals surface area contributed by atoms with E-state index in [9.17, 15) is 18.8 Å². The van der Waals surface area contributed by atoms with Gasteiger partial charge in [0.05, 0.1) is 6.54 Å². The molecule has 142 valence electrons. The number of nitrogens with one attached hydrogen (secondary N) is 1. The van der Waals surface area contributed by atoms with Crippen molar-refractivity contribution in [3.05, 3.63) is 46.4 Å². The van der Waals surface area contributed by atoms with E-state index in [0.29, 0.717) is 5.69 Å². The Labute approximate surface area is 154 Å². The zero-order valence-electron chi connectivity index (χ0n) is 14.7. The average Bonchev–Trinajstić information content (AvgIpc) is 3.13. The van der Waals surface area contributed by atoms with Gasteiger partial charge in [0.1, 0.15) is 12.4 Å². The quantitative estimate of drug-likeness (QED) is 0.882. The van der Waals surface area contributed by atoms with Gasteiger partial charge < -0.3 is 5.32 Å². The van der Waals surface area contributed by atoms with Gasteiger partial charge in [0.15, 0.2) is 5.82 Å². The Bertz CT molecular complexity index is 927. The van der Waals surface area contributed by atoms with Gasteiger partial charge >= 0.3 is 11.7 Å². The van der Waals surface area contributed by atoms with E-state index in [-0.39, 0.29) is 30.9 Å². The summed E-state index contributed by atoms with van der Waals surface area (Å²) in [5.41, 5.74) is -0.161. The van der Waals surface area contributed by atoms with Gasteiger partial charge in [0, 0.05) is 11.7 Å². The molecule has 0 unspecified atom stereocenters. The number of rotatable bonds is 4. The Morgan fingerprint density at radius 1 is 1.15 bits per heavy atom. The van der Waals surface area contributed by atoms with Crippen molar-refractivity contribution >= 4 is 17.6 Å². The fraction of sp³-hybridized carbons (Fsp3) is 0.444. The van der Waals surface area contributed by atoms with Crippen molar-refractivity contribution in [2.75, 3.05) is 4.90 Å². The first kappa shape index (κ1) is 17.4. The SMILES string of the molecule is O=C(Cn1nc2n(c1=O)C(=O)N(c1ccc(F)cc1)C2)NC1CCCCC1. The van der Waals surface area contributed by atoms with E-state index in [0.717, 1.165) is 34.9 Å². The molecule has 0 spiro atoms. The fourth-order valence-electron chi connectivity index (χ4n) is 3.66. The van der Waals surface area contributed by atoms with Crippen LogP contribution in [-0.4, -0.2) is 32.3 Å². The highest BCUT2D eigenvalue weighted by molar-refractivity contribution is 5.96. The first-order valence-electron chi connectivity index (χ1n) is 9.08. The van der Waals surface area contributed by atoms with Gasteiger partial charge in [0.25, 0.3) is 0 Å². The summed E-state index contributed by atoms with van der Waals surface area (Å²) in [6, 6.07) is 5.02. The minimum absolute atomic E-state index is 0.0942. The number of nitrogens with zero attached hydrogens (tertiary/aromatic N) is 4. The average molecular weight is 373 g/mol. The number of benzene rings is 1. The molecule has 2 aliphatic rings. The van der Waals surface area contributed by atoms with Gasteiger partial charge in [0.2, 0.25) is 5.91 Å². The summed E-state index contributed by atoms with van der Waals surface area (Å²) in [4.78, 5) is 38.6. The van der Waals surface area contributed by atoms with Crippen LogP contribution in [0.2, 0.25) is 0 Å². The molecule has 0 radical (unpaired) electrons. The molecule has 4 rings (SSSR count). The molecule has 27 heavy (non-hydrogen) atoms. The lowest BCUT2D eigenvalue weighted by atomic mass is 9.95. The Morgan fingerprint density at radius 3 is 2.52 bits per heavy atom. The summed E-state index contributed by atoms with van der Waals surface area (Å²) in [5, 5.41) is 7.07. The molecule has 2 amide bonds. The molecule has 9 heteroatoms. The number of hydrogen-bond donors (Lipinski definition) is 1. The van der Waals surface area contributed by atoms with Crippen LogP contribution in [-0.2, 0) is 17.9 Å². The van der Waals surface area contributed by atoms with Gasteiger partial charge in [-0.15, -0.1) is 0 Å². The molecule has 1 N–H and O–H groups in total. The van der Waals surface area contributed by atoms with Crippen LogP contribution in [0.1, 0.15) is 37.9 Å². The van der Waals surface area contributed by atoms with Crippen molar-refractivity contribution in [1.82, 2.24) is 19.7 Å². The molecule has 2 heterocycles. The van der Waals surface area contributed by atoms with E-state index >= 15 is 0 Å². The van der Waals surface area contributed by atoms with E-state index in [4.69, 9.17) is 0 Å². The van der Waals surface area contributed by atoms with Gasteiger partial charge in [-0.2, -0.15) is 9.67 Å². The monoisotopic (exact) mass is 373 g/mol. The zero-order valence-corrected chi connectivity index (χ0v) is 14.7. The highest BCUT2D eigenvalue weighted by Gasteiger charge is 2.33. The maximum atomic E-state index is 13.1. The second-order valence-electron chi connectivity index (χ2n) is 6.94. The van der Waals surface area contributed by atoms with Crippen molar-refractivity contribution in [2.45, 2.75) is 51.2 Å². The molecule has 1 fully saturated rings. The van der Waals surface area contributed by atoms with Crippen molar-refractivity contribution < 1.29 is 14.0 Å². The molecule has 1 aliphatic heterocycles. The fourth-order valence-corrected chi connectivity index (χ4v) is 3.66. The second kappa shape index (κ2) is 6.98. The normalized spacial score (nSPS) is 17.2. The van der Waals surface area contributed by atoms with Crippen molar-refractivity contribution in [2.24, 2.45) is 0 Å². The number of amides is 2. The Morgan fingerprint density at radius 2 is 1.85 bits per heavy atom. The smallest absolute Gasteiger partial charge is 0.352 e. The summed E-state index contributed by atoms with van der Waals surface area (Å²) in [6.45, 7) is -0.115. The number of hydrogen-bond acceptors (Lipinski definition) is 4. The first-order valence-corrected chi connectivity index (χ1v) is 9.08. The molecule has 1 saturated carbocycles. The number of carbonyl (C=O) groups is 2. The Hall–Kier alpha value is -2.97. The van der Waals surface area contributed by atoms with Gasteiger partial charge in [-0.1, -0.05) is 19.3 Å². The van der Waals surface area contributed by atoms with E-state index in [2.05, 4.69) is 10.4 Å². The minimum atomic E-state index is -0.640. The summed E-state index contributed by atoms with van der Waals surface area (Å²) in [6.07, 6.45) is 5.28. The molecular formula is C18H20FN5O3. The van der Waals surface area contributed by atoms with Crippen LogP contribution in [0.5, 0.6) is 0 Å². The largest absolute Gasteiger partial charge is 0.354 e. The third-order valence-electron chi connectivity index (χ3n) is 5.03. The predicted octanol–water partition coefficient (Wildman–Crippen LogP) is 1.62. The lowest BCUT2D eigenvalue weighted by Crippen LogP contribution is -2.41. The lowest BCUT2D eigenvalue weighted by molar-refractivity contribution is -0.122. The van der Waals surface area contributed by atoms with Gasteiger partial charge in [-0.05, 0) is 37.1 Å². The van der Waals surface area contributed by atoms with Crippen LogP contribution in [0, 0.1) is 5.82 Å². The van der Waals surface area contributed by atoms with Crippen LogP contribution in [0.15, 0.2) is 29.1 Å². The molecule has 1 aromatic carbocycles. The number of carbonyl (C=O) groups excluding carboxylic acids is 2. The third-order valence-corrected chi connectivity index (χ3v) is 5.03. The molecule has 1 aromatic heterocycles. The summed E-state index contributed by atoms with van der Waals surface area (Å²) in [5.74, 6) is -0.419. The first-order chi connectivity index (χ1) is 13.0. The summed E-state index contributed by atoms with van der Waals surface area (Å²) in [7, 11) is 0. The van der Waals surface area contributed by atoms with Crippen LogP contribution in [0.4, 0.5) is 14.9 Å². The molecular weight excluding hydrogens is 353 g/mol. The maximum absolute atomic E-state index is 13.1. The topological polar surface area (TPSA) is 89.2 Å². The highest BCUT2D eigenvalue weighted by atomic mass is 19.1. The van der Waals surface area contributed by atoms with Crippen molar-refractivity contribution in [3.8, 4) is 0 Å². The number of aromatic nitrogens is 3. The Balaban J connectivity index is 1.47. The van der Waals surface area contributed by atoms with Crippen LogP contribution >= 0.6 is 0 Å².